The summed E-state index contributed by atoms with van der Waals surface area (Å²) in [4.78, 5) is 5.45. The van der Waals surface area contributed by atoms with Crippen LogP contribution in [-0.2, 0) is 0 Å². The van der Waals surface area contributed by atoms with Gasteiger partial charge in [-0.1, -0.05) is 30.0 Å². The number of aromatic nitrogens is 1. The molecule has 15 heavy (non-hydrogen) atoms. The van der Waals surface area contributed by atoms with Crippen LogP contribution in [0, 0.1) is 6.92 Å². The minimum absolute atomic E-state index is 0.728. The van der Waals surface area contributed by atoms with Crippen LogP contribution in [0.25, 0.3) is 0 Å². The van der Waals surface area contributed by atoms with E-state index in [2.05, 4.69) is 24.0 Å². The predicted octanol–water partition coefficient (Wildman–Crippen LogP) is 3.12. The Hall–Kier alpha value is -1.48. The summed E-state index contributed by atoms with van der Waals surface area (Å²) in [6, 6.07) is 11.9. The van der Waals surface area contributed by atoms with Gasteiger partial charge in [0.05, 0.1) is 5.69 Å². The number of nitrogens with two attached hydrogens (primary N) is 1. The van der Waals surface area contributed by atoms with Gasteiger partial charge in [-0.3, -0.25) is 0 Å². The minimum Gasteiger partial charge on any atom is -0.397 e. The Kier molecular flexibility index (Phi) is 2.92. The molecule has 0 amide bonds. The van der Waals surface area contributed by atoms with Crippen molar-refractivity contribution < 1.29 is 0 Å². The summed E-state index contributed by atoms with van der Waals surface area (Å²) in [5.74, 6) is 0. The Balaban J connectivity index is 2.30. The van der Waals surface area contributed by atoms with Crippen molar-refractivity contribution in [2.24, 2.45) is 0 Å². The van der Waals surface area contributed by atoms with E-state index in [9.17, 15) is 0 Å². The maximum absolute atomic E-state index is 5.84. The van der Waals surface area contributed by atoms with E-state index in [-0.39, 0.29) is 0 Å². The Morgan fingerprint density at radius 2 is 1.93 bits per heavy atom. The fourth-order valence-corrected chi connectivity index (χ4v) is 2.15. The van der Waals surface area contributed by atoms with Crippen molar-refractivity contribution in [1.29, 1.82) is 0 Å². The number of hydrogen-bond acceptors (Lipinski definition) is 3. The maximum atomic E-state index is 5.84. The first-order valence-electron chi connectivity index (χ1n) is 4.71. The highest BCUT2D eigenvalue weighted by Gasteiger charge is 2.03. The van der Waals surface area contributed by atoms with Crippen LogP contribution in [0.4, 0.5) is 5.69 Å². The molecule has 0 aliphatic carbocycles. The molecule has 1 aromatic carbocycles. The molecule has 0 radical (unpaired) electrons. The van der Waals surface area contributed by atoms with Crippen molar-refractivity contribution in [2.75, 3.05) is 5.73 Å². The molecule has 2 aromatic rings. The van der Waals surface area contributed by atoms with E-state index < -0.39 is 0 Å². The van der Waals surface area contributed by atoms with E-state index in [1.165, 1.54) is 10.5 Å². The van der Waals surface area contributed by atoms with E-state index in [0.29, 0.717) is 0 Å². The van der Waals surface area contributed by atoms with Gasteiger partial charge in [-0.05, 0) is 30.7 Å². The van der Waals surface area contributed by atoms with Gasteiger partial charge in [0, 0.05) is 11.1 Å². The third-order valence-electron chi connectivity index (χ3n) is 2.10. The standard InChI is InChI=1S/C12H12N2S/c1-9-5-2-3-7-11(9)15-12-10(13)6-4-8-14-12/h2-8H,13H2,1H3. The lowest BCUT2D eigenvalue weighted by Gasteiger charge is -2.05. The Morgan fingerprint density at radius 1 is 1.13 bits per heavy atom. The van der Waals surface area contributed by atoms with Gasteiger partial charge in [0.2, 0.25) is 0 Å². The van der Waals surface area contributed by atoms with Gasteiger partial charge >= 0.3 is 0 Å². The van der Waals surface area contributed by atoms with Gasteiger partial charge in [-0.15, -0.1) is 0 Å². The number of nitrogen functional groups attached to an aromatic ring is 1. The van der Waals surface area contributed by atoms with E-state index in [4.69, 9.17) is 5.73 Å². The van der Waals surface area contributed by atoms with E-state index in [1.807, 2.05) is 24.3 Å². The first-order valence-corrected chi connectivity index (χ1v) is 5.53. The van der Waals surface area contributed by atoms with Crippen LogP contribution in [0.2, 0.25) is 0 Å². The Morgan fingerprint density at radius 3 is 2.67 bits per heavy atom. The summed E-state index contributed by atoms with van der Waals surface area (Å²) in [5, 5.41) is 0.867. The van der Waals surface area contributed by atoms with Crippen LogP contribution in [0.3, 0.4) is 0 Å². The third-order valence-corrected chi connectivity index (χ3v) is 3.31. The van der Waals surface area contributed by atoms with Crippen molar-refractivity contribution in [1.82, 2.24) is 4.98 Å². The molecule has 0 unspecified atom stereocenters. The molecule has 1 heterocycles. The van der Waals surface area contributed by atoms with Crippen LogP contribution in [-0.4, -0.2) is 4.98 Å². The summed E-state index contributed by atoms with van der Waals surface area (Å²) in [6.07, 6.45) is 1.76. The van der Waals surface area contributed by atoms with Crippen LogP contribution in [0.5, 0.6) is 0 Å². The van der Waals surface area contributed by atoms with Gasteiger partial charge in [0.1, 0.15) is 5.03 Å². The van der Waals surface area contributed by atoms with Crippen LogP contribution in [0.15, 0.2) is 52.5 Å². The highest BCUT2D eigenvalue weighted by molar-refractivity contribution is 7.99. The van der Waals surface area contributed by atoms with E-state index in [0.717, 1.165) is 10.7 Å². The van der Waals surface area contributed by atoms with Crippen molar-refractivity contribution in [3.05, 3.63) is 48.2 Å². The van der Waals surface area contributed by atoms with Gasteiger partial charge in [0.15, 0.2) is 0 Å². The first-order chi connectivity index (χ1) is 7.27. The molecule has 0 atom stereocenters. The Labute approximate surface area is 93.5 Å². The van der Waals surface area contributed by atoms with Crippen molar-refractivity contribution >= 4 is 17.4 Å². The summed E-state index contributed by atoms with van der Waals surface area (Å²) in [6.45, 7) is 2.08. The zero-order valence-electron chi connectivity index (χ0n) is 8.47. The van der Waals surface area contributed by atoms with Crippen molar-refractivity contribution in [2.45, 2.75) is 16.8 Å². The lowest BCUT2D eigenvalue weighted by Crippen LogP contribution is -1.90. The minimum atomic E-state index is 0.728. The van der Waals surface area contributed by atoms with Gasteiger partial charge in [-0.2, -0.15) is 0 Å². The second kappa shape index (κ2) is 4.36. The average Bonchev–Trinajstić information content (AvgIpc) is 2.24. The SMILES string of the molecule is Cc1ccccc1Sc1ncccc1N. The summed E-state index contributed by atoms with van der Waals surface area (Å²) < 4.78 is 0. The lowest BCUT2D eigenvalue weighted by molar-refractivity contribution is 1.14. The predicted molar refractivity (Wildman–Crippen MR) is 64.0 cm³/mol. The van der Waals surface area contributed by atoms with E-state index in [1.54, 1.807) is 18.0 Å². The van der Waals surface area contributed by atoms with Crippen LogP contribution < -0.4 is 5.73 Å². The second-order valence-corrected chi connectivity index (χ2v) is 4.30. The molecule has 3 heteroatoms. The highest BCUT2D eigenvalue weighted by atomic mass is 32.2. The number of benzene rings is 1. The first kappa shape index (κ1) is 10.1. The van der Waals surface area contributed by atoms with Gasteiger partial charge < -0.3 is 5.73 Å². The smallest absolute Gasteiger partial charge is 0.124 e. The lowest BCUT2D eigenvalue weighted by atomic mass is 10.2. The Bertz CT molecular complexity index is 425. The van der Waals surface area contributed by atoms with Crippen LogP contribution in [0.1, 0.15) is 5.56 Å². The largest absolute Gasteiger partial charge is 0.397 e. The average molecular weight is 216 g/mol. The molecule has 0 spiro atoms. The van der Waals surface area contributed by atoms with Gasteiger partial charge in [0.25, 0.3) is 0 Å². The molecule has 1 aromatic heterocycles. The maximum Gasteiger partial charge on any atom is 0.124 e. The second-order valence-electron chi connectivity index (χ2n) is 3.27. The third kappa shape index (κ3) is 2.30. The van der Waals surface area contributed by atoms with Crippen LogP contribution >= 0.6 is 11.8 Å². The molecule has 0 saturated heterocycles. The molecular formula is C12H12N2S. The monoisotopic (exact) mass is 216 g/mol. The number of hydrogen-bond donors (Lipinski definition) is 1. The molecule has 76 valence electrons. The fourth-order valence-electron chi connectivity index (χ4n) is 1.26. The molecule has 0 aliphatic heterocycles. The summed E-state index contributed by atoms with van der Waals surface area (Å²) >= 11 is 1.60. The summed E-state index contributed by atoms with van der Waals surface area (Å²) in [5.41, 5.74) is 7.81. The molecule has 0 saturated carbocycles. The van der Waals surface area contributed by atoms with Crippen molar-refractivity contribution in [3.63, 3.8) is 0 Å². The molecule has 0 bridgehead atoms. The zero-order valence-corrected chi connectivity index (χ0v) is 9.29. The molecule has 2 nitrogen and oxygen atoms in total. The quantitative estimate of drug-likeness (QED) is 0.838. The van der Waals surface area contributed by atoms with Crippen molar-refractivity contribution in [3.8, 4) is 0 Å². The molecular weight excluding hydrogens is 204 g/mol. The molecule has 2 N–H and O–H groups in total. The topological polar surface area (TPSA) is 38.9 Å². The number of rotatable bonds is 2. The number of pyridine rings is 1. The highest BCUT2D eigenvalue weighted by Crippen LogP contribution is 2.31. The fraction of sp³-hybridized carbons (Fsp3) is 0.0833. The van der Waals surface area contributed by atoms with Gasteiger partial charge in [-0.25, -0.2) is 4.98 Å². The zero-order chi connectivity index (χ0) is 10.7. The summed E-state index contributed by atoms with van der Waals surface area (Å²) in [7, 11) is 0. The number of anilines is 1. The normalized spacial score (nSPS) is 10.2. The molecule has 0 aliphatic rings. The molecule has 0 fully saturated rings. The van der Waals surface area contributed by atoms with E-state index >= 15 is 0 Å². The number of nitrogens with zero attached hydrogens (tertiary/aromatic N) is 1. The molecule has 2 rings (SSSR count). The number of aryl methyl sites for hydroxylation is 1.